The molecule has 0 unspecified atom stereocenters. The first-order valence-corrected chi connectivity index (χ1v) is 17.5. The fraction of sp³-hybridized carbons (Fsp3) is 0.135. The molecular weight excluding hydrogens is 617 g/mol. The third-order valence-electron chi connectivity index (χ3n) is 7.69. The Kier molecular flexibility index (Phi) is 9.14. The number of nitrogens with zero attached hydrogens (tertiary/aromatic N) is 1. The Morgan fingerprint density at radius 3 is 2.35 bits per heavy atom. The molecule has 46 heavy (non-hydrogen) atoms. The van der Waals surface area contributed by atoms with Crippen molar-refractivity contribution in [3.8, 4) is 5.75 Å². The monoisotopic (exact) mass is 648 g/mol. The number of rotatable bonds is 12. The quantitative estimate of drug-likeness (QED) is 0.141. The maximum atomic E-state index is 13.2. The summed E-state index contributed by atoms with van der Waals surface area (Å²) in [6.07, 6.45) is 1.64. The summed E-state index contributed by atoms with van der Waals surface area (Å²) in [5.74, 6) is 0.0708. The van der Waals surface area contributed by atoms with Crippen molar-refractivity contribution in [2.24, 2.45) is 0 Å². The molecule has 6 rings (SSSR count). The van der Waals surface area contributed by atoms with Gasteiger partial charge >= 0.3 is 0 Å². The highest BCUT2D eigenvalue weighted by atomic mass is 32.2. The third-order valence-corrected chi connectivity index (χ3v) is 9.96. The lowest BCUT2D eigenvalue weighted by Crippen LogP contribution is -2.31. The van der Waals surface area contributed by atoms with Crippen LogP contribution in [0.4, 0.5) is 5.69 Å². The second-order valence-electron chi connectivity index (χ2n) is 10.9. The van der Waals surface area contributed by atoms with Crippen LogP contribution in [0.1, 0.15) is 31.8 Å². The SMILES string of the molecule is CS(=O)(=O)N(Cc1ccccc1)c1cccc(C(=O)CNC(=O)c2ccccc2CCOc2ccc3c(c2)sc2ccccc23)c1. The van der Waals surface area contributed by atoms with E-state index in [0.717, 1.165) is 27.8 Å². The van der Waals surface area contributed by atoms with Crippen LogP contribution in [0.15, 0.2) is 121 Å². The molecule has 9 heteroatoms. The smallest absolute Gasteiger partial charge is 0.251 e. The average molecular weight is 649 g/mol. The van der Waals surface area contributed by atoms with E-state index >= 15 is 0 Å². The van der Waals surface area contributed by atoms with E-state index in [9.17, 15) is 18.0 Å². The van der Waals surface area contributed by atoms with E-state index in [1.165, 1.54) is 19.8 Å². The molecule has 232 valence electrons. The van der Waals surface area contributed by atoms with E-state index in [-0.39, 0.29) is 24.8 Å². The zero-order chi connectivity index (χ0) is 32.1. The van der Waals surface area contributed by atoms with Gasteiger partial charge in [0.05, 0.1) is 31.6 Å². The molecular formula is C37H32N2O5S2. The van der Waals surface area contributed by atoms with Crippen molar-refractivity contribution in [2.45, 2.75) is 13.0 Å². The van der Waals surface area contributed by atoms with Crippen LogP contribution < -0.4 is 14.4 Å². The van der Waals surface area contributed by atoms with Gasteiger partial charge in [0, 0.05) is 37.7 Å². The summed E-state index contributed by atoms with van der Waals surface area (Å²) in [6, 6.07) is 37.4. The van der Waals surface area contributed by atoms with Crippen LogP contribution in [0.5, 0.6) is 5.75 Å². The Labute approximate surface area is 272 Å². The first kappa shape index (κ1) is 31.0. The number of benzene rings is 5. The normalized spacial score (nSPS) is 11.4. The van der Waals surface area contributed by atoms with Crippen molar-refractivity contribution < 1.29 is 22.7 Å². The number of anilines is 1. The topological polar surface area (TPSA) is 92.8 Å². The number of sulfonamides is 1. The molecule has 0 bridgehead atoms. The van der Waals surface area contributed by atoms with Gasteiger partial charge in [-0.15, -0.1) is 11.3 Å². The molecule has 6 aromatic rings. The fourth-order valence-corrected chi connectivity index (χ4v) is 7.39. The summed E-state index contributed by atoms with van der Waals surface area (Å²) in [5.41, 5.74) is 2.77. The van der Waals surface area contributed by atoms with Gasteiger partial charge in [-0.1, -0.05) is 78.9 Å². The Hall–Kier alpha value is -4.99. The molecule has 0 radical (unpaired) electrons. The molecule has 0 aliphatic carbocycles. The summed E-state index contributed by atoms with van der Waals surface area (Å²) in [7, 11) is -3.62. The second kappa shape index (κ2) is 13.6. The lowest BCUT2D eigenvalue weighted by Gasteiger charge is -2.23. The number of fused-ring (bicyclic) bond motifs is 3. The van der Waals surface area contributed by atoms with Gasteiger partial charge in [-0.2, -0.15) is 0 Å². The second-order valence-corrected chi connectivity index (χ2v) is 13.9. The number of ether oxygens (including phenoxy) is 1. The number of nitrogens with one attached hydrogen (secondary N) is 1. The predicted octanol–water partition coefficient (Wildman–Crippen LogP) is 7.25. The summed E-state index contributed by atoms with van der Waals surface area (Å²) in [4.78, 5) is 26.3. The van der Waals surface area contributed by atoms with Crippen LogP contribution in [-0.2, 0) is 23.0 Å². The average Bonchev–Trinajstić information content (AvgIpc) is 3.44. The van der Waals surface area contributed by atoms with Crippen LogP contribution in [0, 0.1) is 0 Å². The molecule has 0 fully saturated rings. The number of ketones is 1. The molecule has 0 atom stereocenters. The maximum Gasteiger partial charge on any atom is 0.251 e. The highest BCUT2D eigenvalue weighted by Gasteiger charge is 2.20. The molecule has 1 aromatic heterocycles. The zero-order valence-corrected chi connectivity index (χ0v) is 26.8. The van der Waals surface area contributed by atoms with Crippen molar-refractivity contribution in [3.05, 3.63) is 144 Å². The van der Waals surface area contributed by atoms with Gasteiger partial charge in [0.2, 0.25) is 10.0 Å². The molecule has 0 aliphatic rings. The third kappa shape index (κ3) is 7.11. The van der Waals surface area contributed by atoms with Crippen molar-refractivity contribution in [3.63, 3.8) is 0 Å². The number of thiophene rings is 1. The molecule has 0 aliphatic heterocycles. The standard InChI is InChI=1S/C37H32N2O5S2/c1-46(42,43)39(25-26-10-3-2-4-11-26)29-14-9-13-28(22-29)34(40)24-38-37(41)31-15-6-5-12-27(31)20-21-44-30-18-19-33-32-16-7-8-17-35(32)45-36(33)23-30/h2-19,22-23H,20-21,24-25H2,1H3,(H,38,41). The molecule has 1 amide bonds. The molecule has 0 saturated heterocycles. The number of hydrogen-bond acceptors (Lipinski definition) is 6. The van der Waals surface area contributed by atoms with E-state index in [4.69, 9.17) is 4.74 Å². The first-order valence-electron chi connectivity index (χ1n) is 14.8. The Balaban J connectivity index is 1.08. The van der Waals surface area contributed by atoms with Crippen molar-refractivity contribution >= 4 is 58.9 Å². The maximum absolute atomic E-state index is 13.2. The predicted molar refractivity (Wildman–Crippen MR) is 186 cm³/mol. The summed E-state index contributed by atoms with van der Waals surface area (Å²) in [5, 5.41) is 5.18. The van der Waals surface area contributed by atoms with E-state index in [1.54, 1.807) is 47.7 Å². The molecule has 1 heterocycles. The van der Waals surface area contributed by atoms with Gasteiger partial charge in [0.25, 0.3) is 5.91 Å². The highest BCUT2D eigenvalue weighted by molar-refractivity contribution is 7.92. The van der Waals surface area contributed by atoms with Crippen LogP contribution in [-0.4, -0.2) is 39.5 Å². The van der Waals surface area contributed by atoms with E-state index in [1.807, 2.05) is 60.7 Å². The highest BCUT2D eigenvalue weighted by Crippen LogP contribution is 2.35. The first-order chi connectivity index (χ1) is 22.3. The van der Waals surface area contributed by atoms with Gasteiger partial charge in [0.15, 0.2) is 5.78 Å². The molecule has 0 spiro atoms. The van der Waals surface area contributed by atoms with Gasteiger partial charge in [-0.25, -0.2) is 8.42 Å². The molecule has 5 aromatic carbocycles. The minimum absolute atomic E-state index is 0.133. The van der Waals surface area contributed by atoms with Gasteiger partial charge in [-0.3, -0.25) is 13.9 Å². The van der Waals surface area contributed by atoms with E-state index in [0.29, 0.717) is 29.8 Å². The van der Waals surface area contributed by atoms with Crippen LogP contribution in [0.25, 0.3) is 20.2 Å². The number of amides is 1. The number of hydrogen-bond donors (Lipinski definition) is 1. The minimum Gasteiger partial charge on any atom is -0.493 e. The van der Waals surface area contributed by atoms with Crippen LogP contribution in [0.2, 0.25) is 0 Å². The summed E-state index contributed by atoms with van der Waals surface area (Å²) < 4.78 is 35.0. The van der Waals surface area contributed by atoms with Crippen LogP contribution in [0.3, 0.4) is 0 Å². The zero-order valence-electron chi connectivity index (χ0n) is 25.2. The van der Waals surface area contributed by atoms with Crippen LogP contribution >= 0.6 is 11.3 Å². The Bertz CT molecular complexity index is 2140. The van der Waals surface area contributed by atoms with E-state index < -0.39 is 10.0 Å². The lowest BCUT2D eigenvalue weighted by molar-refractivity contribution is 0.0903. The number of Topliss-reactive ketones (excluding diaryl/α,β-unsaturated/α-hetero) is 1. The lowest BCUT2D eigenvalue weighted by atomic mass is 10.0. The molecule has 1 N–H and O–H groups in total. The summed E-state index contributed by atoms with van der Waals surface area (Å²) in [6.45, 7) is 0.278. The number of carbonyl (C=O) groups is 2. The Morgan fingerprint density at radius 2 is 1.52 bits per heavy atom. The Morgan fingerprint density at radius 1 is 0.783 bits per heavy atom. The minimum atomic E-state index is -3.62. The molecule has 0 saturated carbocycles. The van der Waals surface area contributed by atoms with Crippen molar-refractivity contribution in [2.75, 3.05) is 23.7 Å². The van der Waals surface area contributed by atoms with Gasteiger partial charge in [0.1, 0.15) is 5.75 Å². The van der Waals surface area contributed by atoms with Crippen molar-refractivity contribution in [1.29, 1.82) is 0 Å². The van der Waals surface area contributed by atoms with Gasteiger partial charge in [-0.05, 0) is 53.6 Å². The van der Waals surface area contributed by atoms with Crippen molar-refractivity contribution in [1.82, 2.24) is 5.32 Å². The van der Waals surface area contributed by atoms with Gasteiger partial charge < -0.3 is 10.1 Å². The fourth-order valence-electron chi connectivity index (χ4n) is 5.38. The number of carbonyl (C=O) groups excluding carboxylic acids is 2. The van der Waals surface area contributed by atoms with E-state index in [2.05, 4.69) is 29.6 Å². The molecule has 7 nitrogen and oxygen atoms in total. The summed E-state index contributed by atoms with van der Waals surface area (Å²) >= 11 is 1.73. The largest absolute Gasteiger partial charge is 0.493 e.